The summed E-state index contributed by atoms with van der Waals surface area (Å²) in [6, 6.07) is 6.73. The van der Waals surface area contributed by atoms with E-state index in [1.165, 1.54) is 0 Å². The average Bonchev–Trinajstić information content (AvgIpc) is 2.74. The van der Waals surface area contributed by atoms with E-state index in [-0.39, 0.29) is 10.6 Å². The number of halogens is 1. The van der Waals surface area contributed by atoms with Crippen LogP contribution < -0.4 is 4.72 Å². The number of aryl methyl sites for hydroxylation is 1. The number of H-pyrrole nitrogens is 1. The number of sulfonamides is 1. The molecule has 0 saturated carbocycles. The molecule has 0 aliphatic rings. The van der Waals surface area contributed by atoms with Gasteiger partial charge in [-0.15, -0.1) is 0 Å². The van der Waals surface area contributed by atoms with E-state index in [1.54, 1.807) is 31.2 Å². The summed E-state index contributed by atoms with van der Waals surface area (Å²) < 4.78 is 27.8. The average molecular weight is 346 g/mol. The molecule has 1 aromatic carbocycles. The van der Waals surface area contributed by atoms with Crippen LogP contribution in [0.4, 0.5) is 5.69 Å². The fraction of sp³-hybridized carbons (Fsp3) is 0.182. The van der Waals surface area contributed by atoms with Gasteiger partial charge >= 0.3 is 0 Å². The Morgan fingerprint density at radius 2 is 2.00 bits per heavy atom. The van der Waals surface area contributed by atoms with E-state index < -0.39 is 16.6 Å². The molecule has 1 heterocycles. The molecule has 0 aliphatic carbocycles. The first-order valence-electron chi connectivity index (χ1n) is 5.37. The third kappa shape index (κ3) is 2.96. The van der Waals surface area contributed by atoms with Crippen molar-refractivity contribution in [2.24, 2.45) is 0 Å². The minimum atomic E-state index is -3.78. The van der Waals surface area contributed by atoms with Crippen LogP contribution in [0.3, 0.4) is 0 Å². The first-order valence-corrected chi connectivity index (χ1v) is 7.65. The number of aromatic nitrogens is 2. The highest BCUT2D eigenvalue weighted by molar-refractivity contribution is 9.10. The molecule has 0 amide bonds. The summed E-state index contributed by atoms with van der Waals surface area (Å²) >= 11 is 3.27. The number of aliphatic hydroxyl groups is 1. The Labute approximate surface area is 119 Å². The molecule has 3 N–H and O–H groups in total. The summed E-state index contributed by atoms with van der Waals surface area (Å²) in [6.45, 7) is 1.14. The van der Waals surface area contributed by atoms with Crippen LogP contribution in [0.1, 0.15) is 11.4 Å². The van der Waals surface area contributed by atoms with E-state index in [0.29, 0.717) is 11.4 Å². The maximum absolute atomic E-state index is 12.3. The van der Waals surface area contributed by atoms with Crippen molar-refractivity contribution >= 4 is 31.6 Å². The first-order chi connectivity index (χ1) is 8.94. The van der Waals surface area contributed by atoms with E-state index in [9.17, 15) is 8.42 Å². The van der Waals surface area contributed by atoms with Gasteiger partial charge in [-0.25, -0.2) is 8.42 Å². The van der Waals surface area contributed by atoms with Crippen molar-refractivity contribution in [3.8, 4) is 0 Å². The predicted molar refractivity (Wildman–Crippen MR) is 74.2 cm³/mol. The highest BCUT2D eigenvalue weighted by Crippen LogP contribution is 2.22. The number of nitrogens with one attached hydrogen (secondary N) is 2. The molecule has 8 heteroatoms. The van der Waals surface area contributed by atoms with Crippen LogP contribution in [0, 0.1) is 6.92 Å². The van der Waals surface area contributed by atoms with Gasteiger partial charge in [-0.3, -0.25) is 9.82 Å². The molecule has 2 aromatic rings. The van der Waals surface area contributed by atoms with E-state index in [4.69, 9.17) is 5.11 Å². The third-order valence-corrected chi connectivity index (χ3v) is 4.59. The number of rotatable bonds is 4. The van der Waals surface area contributed by atoms with Gasteiger partial charge in [0.05, 0.1) is 12.3 Å². The van der Waals surface area contributed by atoms with Crippen LogP contribution in [0.15, 0.2) is 33.6 Å². The topological polar surface area (TPSA) is 95.1 Å². The molecule has 0 bridgehead atoms. The van der Waals surface area contributed by atoms with Crippen molar-refractivity contribution in [2.45, 2.75) is 18.4 Å². The van der Waals surface area contributed by atoms with Crippen molar-refractivity contribution in [3.63, 3.8) is 0 Å². The lowest BCUT2D eigenvalue weighted by Crippen LogP contribution is -2.15. The molecule has 2 rings (SSSR count). The second kappa shape index (κ2) is 5.32. The van der Waals surface area contributed by atoms with Gasteiger partial charge in [0, 0.05) is 10.2 Å². The van der Waals surface area contributed by atoms with Crippen LogP contribution in [0.5, 0.6) is 0 Å². The van der Waals surface area contributed by atoms with Crippen LogP contribution in [-0.4, -0.2) is 23.7 Å². The summed E-state index contributed by atoms with van der Waals surface area (Å²) in [6.07, 6.45) is 0. The Kier molecular flexibility index (Phi) is 3.93. The highest BCUT2D eigenvalue weighted by Gasteiger charge is 2.23. The van der Waals surface area contributed by atoms with Crippen LogP contribution in [-0.2, 0) is 16.6 Å². The van der Waals surface area contributed by atoms with E-state index in [0.717, 1.165) is 4.47 Å². The first kappa shape index (κ1) is 14.0. The van der Waals surface area contributed by atoms with Crippen molar-refractivity contribution in [1.82, 2.24) is 10.2 Å². The lowest BCUT2D eigenvalue weighted by Gasteiger charge is -2.08. The SMILES string of the molecule is Cc1[nH]nc(CO)c1S(=O)(=O)Nc1ccc(Br)cc1. The lowest BCUT2D eigenvalue weighted by molar-refractivity contribution is 0.273. The second-order valence-electron chi connectivity index (χ2n) is 3.89. The van der Waals surface area contributed by atoms with Gasteiger partial charge in [0.25, 0.3) is 10.0 Å². The van der Waals surface area contributed by atoms with E-state index >= 15 is 0 Å². The Morgan fingerprint density at radius 3 is 2.58 bits per heavy atom. The number of aromatic amines is 1. The van der Waals surface area contributed by atoms with Crippen LogP contribution >= 0.6 is 15.9 Å². The largest absolute Gasteiger partial charge is 0.390 e. The number of nitrogens with zero attached hydrogens (tertiary/aromatic N) is 1. The highest BCUT2D eigenvalue weighted by atomic mass is 79.9. The van der Waals surface area contributed by atoms with Gasteiger partial charge in [0.1, 0.15) is 10.6 Å². The fourth-order valence-electron chi connectivity index (χ4n) is 1.66. The summed E-state index contributed by atoms with van der Waals surface area (Å²) in [5.41, 5.74) is 0.920. The smallest absolute Gasteiger partial charge is 0.265 e. The number of hydrogen-bond acceptors (Lipinski definition) is 4. The molecular weight excluding hydrogens is 334 g/mol. The normalized spacial score (nSPS) is 11.5. The molecule has 0 fully saturated rings. The number of benzene rings is 1. The third-order valence-electron chi connectivity index (χ3n) is 2.48. The van der Waals surface area contributed by atoms with Gasteiger partial charge in [-0.05, 0) is 31.2 Å². The molecule has 19 heavy (non-hydrogen) atoms. The number of aliphatic hydroxyl groups excluding tert-OH is 1. The second-order valence-corrected chi connectivity index (χ2v) is 6.43. The quantitative estimate of drug-likeness (QED) is 0.786. The maximum Gasteiger partial charge on any atom is 0.265 e. The minimum absolute atomic E-state index is 0.0158. The molecule has 0 radical (unpaired) electrons. The number of anilines is 1. The minimum Gasteiger partial charge on any atom is -0.390 e. The maximum atomic E-state index is 12.3. The van der Waals surface area contributed by atoms with Gasteiger partial charge in [0.2, 0.25) is 0 Å². The zero-order valence-electron chi connectivity index (χ0n) is 10.0. The lowest BCUT2D eigenvalue weighted by atomic mass is 10.3. The van der Waals surface area contributed by atoms with Crippen molar-refractivity contribution in [2.75, 3.05) is 4.72 Å². The molecule has 0 spiro atoms. The summed E-state index contributed by atoms with van der Waals surface area (Å²) in [5, 5.41) is 15.4. The summed E-state index contributed by atoms with van der Waals surface area (Å²) in [5.74, 6) is 0. The molecule has 0 unspecified atom stereocenters. The van der Waals surface area contributed by atoms with Gasteiger partial charge in [-0.1, -0.05) is 15.9 Å². The molecular formula is C11H12BrN3O3S. The molecule has 6 nitrogen and oxygen atoms in total. The fourth-order valence-corrected chi connectivity index (χ4v) is 3.34. The van der Waals surface area contributed by atoms with Crippen molar-refractivity contribution in [1.29, 1.82) is 0 Å². The molecule has 102 valence electrons. The predicted octanol–water partition coefficient (Wildman–Crippen LogP) is 1.77. The van der Waals surface area contributed by atoms with Crippen molar-refractivity contribution < 1.29 is 13.5 Å². The van der Waals surface area contributed by atoms with Crippen molar-refractivity contribution in [3.05, 3.63) is 40.1 Å². The molecule has 0 saturated heterocycles. The monoisotopic (exact) mass is 345 g/mol. The van der Waals surface area contributed by atoms with E-state index in [1.807, 2.05) is 0 Å². The van der Waals surface area contributed by atoms with Gasteiger partial charge in [-0.2, -0.15) is 5.10 Å². The molecule has 0 atom stereocenters. The standard InChI is InChI=1S/C11H12BrN3O3S/c1-7-11(10(6-16)14-13-7)19(17,18)15-9-4-2-8(12)3-5-9/h2-5,15-16H,6H2,1H3,(H,13,14). The molecule has 0 aliphatic heterocycles. The Bertz CT molecular complexity index is 680. The Morgan fingerprint density at radius 1 is 1.37 bits per heavy atom. The van der Waals surface area contributed by atoms with Gasteiger partial charge < -0.3 is 5.11 Å². The van der Waals surface area contributed by atoms with E-state index in [2.05, 4.69) is 30.8 Å². The molecule has 1 aromatic heterocycles. The van der Waals surface area contributed by atoms with Crippen LogP contribution in [0.25, 0.3) is 0 Å². The zero-order valence-corrected chi connectivity index (χ0v) is 12.4. The zero-order chi connectivity index (χ0) is 14.0. The Hall–Kier alpha value is -1.38. The number of hydrogen-bond donors (Lipinski definition) is 3. The van der Waals surface area contributed by atoms with Gasteiger partial charge in [0.15, 0.2) is 0 Å². The summed E-state index contributed by atoms with van der Waals surface area (Å²) in [7, 11) is -3.78. The Balaban J connectivity index is 2.37. The summed E-state index contributed by atoms with van der Waals surface area (Å²) in [4.78, 5) is -0.0158. The van der Waals surface area contributed by atoms with Crippen LogP contribution in [0.2, 0.25) is 0 Å².